The Morgan fingerprint density at radius 2 is 1.43 bits per heavy atom. The van der Waals surface area contributed by atoms with Gasteiger partial charge < -0.3 is 13.8 Å². The molecule has 4 heterocycles. The molecule has 0 spiro atoms. The van der Waals surface area contributed by atoms with Crippen molar-refractivity contribution in [3.8, 4) is 34.0 Å². The summed E-state index contributed by atoms with van der Waals surface area (Å²) in [6, 6.07) is 36.5. The van der Waals surface area contributed by atoms with Crippen LogP contribution in [0.2, 0.25) is 19.6 Å². The monoisotopic (exact) mass is 838 g/mol. The Balaban J connectivity index is 0.000000270. The van der Waals surface area contributed by atoms with Gasteiger partial charge in [0.2, 0.25) is 5.89 Å². The van der Waals surface area contributed by atoms with Crippen LogP contribution in [0.1, 0.15) is 26.7 Å². The van der Waals surface area contributed by atoms with Crippen LogP contribution in [0.5, 0.6) is 0 Å². The van der Waals surface area contributed by atoms with E-state index in [9.17, 15) is 0 Å². The van der Waals surface area contributed by atoms with Crippen LogP contribution in [0.3, 0.4) is 0 Å². The molecule has 0 unspecified atom stereocenters. The first-order valence-electron chi connectivity index (χ1n) is 15.9. The summed E-state index contributed by atoms with van der Waals surface area (Å²) in [5, 5.41) is 3.33. The fourth-order valence-corrected chi connectivity index (χ4v) is 6.59. The first-order chi connectivity index (χ1) is 23.1. The second-order valence-electron chi connectivity index (χ2n) is 13.7. The zero-order valence-electron chi connectivity index (χ0n) is 28.2. The summed E-state index contributed by atoms with van der Waals surface area (Å²) in [5.41, 5.74) is 6.25. The molecule has 0 amide bonds. The number of fused-ring (bicyclic) bond motifs is 5. The number of hydrogen-bond acceptors (Lipinski definition) is 7. The standard InChI is InChI=1S/C29H27N4O2Si.C11H8N.Ir/c1-29(2,3)28-32-23-22(34-28)15-14-20-19-8-7-9-21(24(19)35-25(20)23)27-31-16-30-26(33-27)17-10-12-18(13-11-17)36(4,5)6;1-2-6-10(7-3-1)11-8-4-5-9-12-11;/h7-8,10-16H,1-6H3;1-6,8-9H;/q2*-1;. The van der Waals surface area contributed by atoms with E-state index >= 15 is 0 Å². The molecule has 0 saturated heterocycles. The number of hydrogen-bond donors (Lipinski definition) is 0. The van der Waals surface area contributed by atoms with Gasteiger partial charge in [-0.05, 0) is 23.9 Å². The van der Waals surface area contributed by atoms with E-state index in [0.29, 0.717) is 39.9 Å². The smallest absolute Gasteiger partial charge is 0.200 e. The average molecular weight is 838 g/mol. The molecule has 4 aromatic heterocycles. The van der Waals surface area contributed by atoms with Crippen LogP contribution in [0.15, 0.2) is 112 Å². The Morgan fingerprint density at radius 3 is 2.12 bits per heavy atom. The molecule has 4 aromatic carbocycles. The molecule has 0 bridgehead atoms. The van der Waals surface area contributed by atoms with Crippen LogP contribution in [-0.4, -0.2) is 33.0 Å². The maximum absolute atomic E-state index is 6.43. The topological polar surface area (TPSA) is 90.7 Å². The van der Waals surface area contributed by atoms with E-state index in [0.717, 1.165) is 33.1 Å². The van der Waals surface area contributed by atoms with Gasteiger partial charge in [0, 0.05) is 42.7 Å². The van der Waals surface area contributed by atoms with Gasteiger partial charge in [0.25, 0.3) is 0 Å². The molecular weight excluding hydrogens is 803 g/mol. The number of benzene rings is 4. The summed E-state index contributed by atoms with van der Waals surface area (Å²) in [7, 11) is -1.38. The Bertz CT molecular complexity index is 2320. The number of nitrogens with zero attached hydrogens (tertiary/aromatic N) is 5. The number of pyridine rings is 1. The van der Waals surface area contributed by atoms with Gasteiger partial charge in [-0.1, -0.05) is 92.9 Å². The van der Waals surface area contributed by atoms with Crippen LogP contribution >= 0.6 is 0 Å². The maximum atomic E-state index is 6.43. The Hall–Kier alpha value is -4.82. The zero-order valence-corrected chi connectivity index (χ0v) is 31.6. The minimum atomic E-state index is -1.38. The summed E-state index contributed by atoms with van der Waals surface area (Å²) >= 11 is 0. The van der Waals surface area contributed by atoms with Gasteiger partial charge in [0.1, 0.15) is 6.33 Å². The first-order valence-corrected chi connectivity index (χ1v) is 19.4. The SMILES string of the molecule is CC(C)(C)c1nc2c(ccc3c4cc[c-]c(-c5ncnc(-c6ccc([Si](C)(C)C)cc6)n5)c4oc32)o1.[Ir].[c-]1ccccc1-c1ccccn1. The van der Waals surface area contributed by atoms with Gasteiger partial charge in [-0.3, -0.25) is 9.97 Å². The molecule has 0 aliphatic rings. The average Bonchev–Trinajstić information content (AvgIpc) is 3.72. The second kappa shape index (κ2) is 13.6. The molecular formula is C40H35IrN5O2Si-2. The Kier molecular flexibility index (Phi) is 9.44. The number of aromatic nitrogens is 5. The molecule has 247 valence electrons. The largest absolute Gasteiger partial charge is 0.498 e. The third-order valence-electron chi connectivity index (χ3n) is 8.05. The van der Waals surface area contributed by atoms with Crippen molar-refractivity contribution in [1.29, 1.82) is 0 Å². The van der Waals surface area contributed by atoms with Crippen LogP contribution in [-0.2, 0) is 25.5 Å². The van der Waals surface area contributed by atoms with Crippen LogP contribution < -0.4 is 5.19 Å². The Morgan fingerprint density at radius 1 is 0.673 bits per heavy atom. The molecule has 8 rings (SSSR count). The molecule has 0 saturated carbocycles. The first kappa shape index (κ1) is 34.1. The predicted octanol–water partition coefficient (Wildman–Crippen LogP) is 9.44. The van der Waals surface area contributed by atoms with Crippen molar-refractivity contribution in [2.45, 2.75) is 45.8 Å². The molecule has 9 heteroatoms. The van der Waals surface area contributed by atoms with Gasteiger partial charge >= 0.3 is 0 Å². The minimum Gasteiger partial charge on any atom is -0.498 e. The van der Waals surface area contributed by atoms with Crippen molar-refractivity contribution in [2.75, 3.05) is 0 Å². The van der Waals surface area contributed by atoms with Crippen molar-refractivity contribution < 1.29 is 28.9 Å². The molecule has 0 N–H and O–H groups in total. The van der Waals surface area contributed by atoms with Gasteiger partial charge in [0.05, 0.1) is 19.5 Å². The fraction of sp³-hybridized carbons (Fsp3) is 0.175. The number of furan rings is 1. The molecule has 0 fully saturated rings. The molecule has 49 heavy (non-hydrogen) atoms. The van der Waals surface area contributed by atoms with E-state index in [1.165, 1.54) is 5.19 Å². The van der Waals surface area contributed by atoms with E-state index in [1.807, 2.05) is 66.7 Å². The van der Waals surface area contributed by atoms with E-state index in [4.69, 9.17) is 18.8 Å². The normalized spacial score (nSPS) is 11.7. The number of oxazole rings is 1. The van der Waals surface area contributed by atoms with E-state index < -0.39 is 8.07 Å². The predicted molar refractivity (Wildman–Crippen MR) is 195 cm³/mol. The van der Waals surface area contributed by atoms with E-state index in [-0.39, 0.29) is 25.5 Å². The van der Waals surface area contributed by atoms with Gasteiger partial charge in [0.15, 0.2) is 22.5 Å². The van der Waals surface area contributed by atoms with Crippen LogP contribution in [0, 0.1) is 12.1 Å². The van der Waals surface area contributed by atoms with Crippen LogP contribution in [0.25, 0.3) is 67.1 Å². The molecule has 7 nitrogen and oxygen atoms in total. The summed E-state index contributed by atoms with van der Waals surface area (Å²) in [6.07, 6.45) is 3.33. The summed E-state index contributed by atoms with van der Waals surface area (Å²) < 4.78 is 12.5. The molecule has 8 aromatic rings. The van der Waals surface area contributed by atoms with Crippen molar-refractivity contribution in [3.63, 3.8) is 0 Å². The Labute approximate surface area is 300 Å². The molecule has 0 atom stereocenters. The van der Waals surface area contributed by atoms with Crippen LogP contribution in [0.4, 0.5) is 0 Å². The summed E-state index contributed by atoms with van der Waals surface area (Å²) in [6.45, 7) is 13.3. The molecule has 1 radical (unpaired) electrons. The zero-order chi connectivity index (χ0) is 33.5. The number of rotatable bonds is 4. The third kappa shape index (κ3) is 7.01. The quantitative estimate of drug-likeness (QED) is 0.129. The molecule has 0 aliphatic carbocycles. The van der Waals surface area contributed by atoms with Crippen molar-refractivity contribution in [1.82, 2.24) is 24.9 Å². The summed E-state index contributed by atoms with van der Waals surface area (Å²) in [4.78, 5) is 22.7. The molecule has 0 aliphatic heterocycles. The van der Waals surface area contributed by atoms with E-state index in [2.05, 4.69) is 91.8 Å². The van der Waals surface area contributed by atoms with Gasteiger partial charge in [-0.15, -0.1) is 54.1 Å². The third-order valence-corrected chi connectivity index (χ3v) is 10.1. The second-order valence-corrected chi connectivity index (χ2v) is 18.8. The summed E-state index contributed by atoms with van der Waals surface area (Å²) in [5.74, 6) is 1.82. The van der Waals surface area contributed by atoms with Gasteiger partial charge in [-0.25, -0.2) is 9.97 Å². The van der Waals surface area contributed by atoms with E-state index in [1.54, 1.807) is 12.5 Å². The van der Waals surface area contributed by atoms with Crippen molar-refractivity contribution >= 4 is 46.3 Å². The van der Waals surface area contributed by atoms with Crippen molar-refractivity contribution in [3.05, 3.63) is 122 Å². The van der Waals surface area contributed by atoms with Gasteiger partial charge in [-0.2, -0.15) is 0 Å². The van der Waals surface area contributed by atoms with Crippen molar-refractivity contribution in [2.24, 2.45) is 0 Å². The maximum Gasteiger partial charge on any atom is 0.200 e. The minimum absolute atomic E-state index is 0. The fourth-order valence-electron chi connectivity index (χ4n) is 5.43.